The second kappa shape index (κ2) is 8.34. The fourth-order valence-corrected chi connectivity index (χ4v) is 3.92. The summed E-state index contributed by atoms with van der Waals surface area (Å²) in [7, 11) is 0. The molecule has 1 aliphatic heterocycles. The minimum absolute atomic E-state index is 0.0192. The highest BCUT2D eigenvalue weighted by atomic mass is 16.5. The molecule has 0 spiro atoms. The highest BCUT2D eigenvalue weighted by molar-refractivity contribution is 5.93. The Bertz CT molecular complexity index is 1100. The van der Waals surface area contributed by atoms with Crippen molar-refractivity contribution in [2.75, 3.05) is 6.61 Å². The van der Waals surface area contributed by atoms with Crippen molar-refractivity contribution in [3.63, 3.8) is 0 Å². The summed E-state index contributed by atoms with van der Waals surface area (Å²) in [5.41, 5.74) is 5.35. The molecule has 146 valence electrons. The zero-order chi connectivity index (χ0) is 20.2. The van der Waals surface area contributed by atoms with E-state index >= 15 is 0 Å². The van der Waals surface area contributed by atoms with E-state index in [2.05, 4.69) is 66.7 Å². The van der Waals surface area contributed by atoms with Crippen LogP contribution in [0.2, 0.25) is 0 Å². The second-order valence-electron chi connectivity index (χ2n) is 7.37. The molecule has 1 atom stereocenters. The Kier molecular flexibility index (Phi) is 5.09. The van der Waals surface area contributed by atoms with Gasteiger partial charge in [-0.1, -0.05) is 97.1 Å². The van der Waals surface area contributed by atoms with Gasteiger partial charge in [0.15, 0.2) is 0 Å². The highest BCUT2D eigenvalue weighted by Crippen LogP contribution is 2.31. The Morgan fingerprint density at radius 3 is 1.90 bits per heavy atom. The minimum Gasteiger partial charge on any atom is -0.474 e. The summed E-state index contributed by atoms with van der Waals surface area (Å²) in [6.45, 7) is 0.548. The Morgan fingerprint density at radius 1 is 0.667 bits per heavy atom. The van der Waals surface area contributed by atoms with E-state index in [1.165, 1.54) is 11.1 Å². The predicted octanol–water partition coefficient (Wildman–Crippen LogP) is 5.78. The Hall–Kier alpha value is -3.72. The minimum atomic E-state index is 0.0192. The largest absolute Gasteiger partial charge is 0.474 e. The summed E-state index contributed by atoms with van der Waals surface area (Å²) >= 11 is 0. The van der Waals surface area contributed by atoms with Crippen LogP contribution in [0.25, 0.3) is 0 Å². The highest BCUT2D eigenvalue weighted by Gasteiger charge is 2.24. The molecule has 1 aliphatic rings. The topological polar surface area (TPSA) is 34.5 Å². The van der Waals surface area contributed by atoms with Crippen molar-refractivity contribution in [1.29, 1.82) is 0 Å². The number of rotatable bonds is 5. The number of hydrogen-bond donors (Lipinski definition) is 0. The molecule has 1 unspecified atom stereocenters. The number of ether oxygens (including phenoxy) is 1. The van der Waals surface area contributed by atoms with E-state index in [0.717, 1.165) is 17.0 Å². The number of nitrogens with zero attached hydrogens (tertiary/aromatic N) is 2. The van der Waals surface area contributed by atoms with Crippen LogP contribution in [0.1, 0.15) is 40.0 Å². The van der Waals surface area contributed by atoms with Crippen molar-refractivity contribution in [3.8, 4) is 0 Å². The molecular formula is C27H22N2O. The average Bonchev–Trinajstić information content (AvgIpc) is 3.32. The quantitative estimate of drug-likeness (QED) is 0.433. The molecule has 2 heterocycles. The van der Waals surface area contributed by atoms with E-state index in [1.807, 2.05) is 42.5 Å². The molecule has 0 N–H and O–H groups in total. The molecule has 4 aromatic rings. The third-order valence-corrected chi connectivity index (χ3v) is 5.39. The van der Waals surface area contributed by atoms with Crippen molar-refractivity contribution in [2.45, 2.75) is 12.0 Å². The maximum Gasteiger partial charge on any atom is 0.236 e. The Balaban J connectivity index is 1.52. The second-order valence-corrected chi connectivity index (χ2v) is 7.37. The molecule has 0 amide bonds. The number of hydrogen-bond acceptors (Lipinski definition) is 3. The first-order valence-corrected chi connectivity index (χ1v) is 10.2. The van der Waals surface area contributed by atoms with Gasteiger partial charge in [0.25, 0.3) is 0 Å². The zero-order valence-corrected chi connectivity index (χ0v) is 16.6. The van der Waals surface area contributed by atoms with Crippen LogP contribution in [0.4, 0.5) is 0 Å². The first kappa shape index (κ1) is 18.3. The summed E-state index contributed by atoms with van der Waals surface area (Å²) in [4.78, 5) is 9.79. The molecule has 0 fully saturated rings. The van der Waals surface area contributed by atoms with Crippen LogP contribution in [0, 0.1) is 0 Å². The lowest BCUT2D eigenvalue weighted by Gasteiger charge is -2.18. The van der Waals surface area contributed by atoms with Gasteiger partial charge in [-0.15, -0.1) is 0 Å². The lowest BCUT2D eigenvalue weighted by molar-refractivity contribution is 0.319. The lowest BCUT2D eigenvalue weighted by Crippen LogP contribution is -2.10. The van der Waals surface area contributed by atoms with Crippen molar-refractivity contribution in [2.24, 2.45) is 4.99 Å². The van der Waals surface area contributed by atoms with E-state index in [4.69, 9.17) is 14.7 Å². The third-order valence-electron chi connectivity index (χ3n) is 5.39. The van der Waals surface area contributed by atoms with Crippen LogP contribution < -0.4 is 0 Å². The fraction of sp³-hybridized carbons (Fsp3) is 0.111. The van der Waals surface area contributed by atoms with Crippen LogP contribution in [0.3, 0.4) is 0 Å². The fourth-order valence-electron chi connectivity index (χ4n) is 3.92. The van der Waals surface area contributed by atoms with E-state index in [1.54, 1.807) is 0 Å². The van der Waals surface area contributed by atoms with E-state index in [0.29, 0.717) is 12.5 Å². The number of aliphatic imine (C=N–C) groups is 1. The van der Waals surface area contributed by atoms with Gasteiger partial charge in [-0.3, -0.25) is 0 Å². The summed E-state index contributed by atoms with van der Waals surface area (Å²) in [5, 5.41) is 0. The van der Waals surface area contributed by atoms with Crippen LogP contribution in [-0.4, -0.2) is 17.5 Å². The molecule has 0 bridgehead atoms. The van der Waals surface area contributed by atoms with Gasteiger partial charge in [0.1, 0.15) is 18.3 Å². The lowest BCUT2D eigenvalue weighted by atomic mass is 9.88. The van der Waals surface area contributed by atoms with Gasteiger partial charge in [-0.2, -0.15) is 0 Å². The van der Waals surface area contributed by atoms with Crippen LogP contribution >= 0.6 is 0 Å². The van der Waals surface area contributed by atoms with Gasteiger partial charge < -0.3 is 4.74 Å². The molecule has 5 rings (SSSR count). The molecular weight excluding hydrogens is 368 g/mol. The maximum atomic E-state index is 5.94. The third kappa shape index (κ3) is 3.74. The van der Waals surface area contributed by atoms with Gasteiger partial charge in [0, 0.05) is 0 Å². The number of aromatic nitrogens is 1. The standard InChI is InChI=1S/C27H22N2O/c1-4-11-20(12-5-1)25-19-30-27(29-25)24-18-10-17-23(28-24)26(21-13-6-2-7-14-21)22-15-8-3-9-16-22/h1-18,25-26H,19H2. The molecule has 0 radical (unpaired) electrons. The molecule has 3 aromatic carbocycles. The first-order chi connectivity index (χ1) is 14.9. The summed E-state index contributed by atoms with van der Waals surface area (Å²) < 4.78 is 5.94. The Morgan fingerprint density at radius 2 is 1.27 bits per heavy atom. The van der Waals surface area contributed by atoms with Crippen LogP contribution in [0.15, 0.2) is 114 Å². The van der Waals surface area contributed by atoms with Gasteiger partial charge in [0.05, 0.1) is 11.6 Å². The predicted molar refractivity (Wildman–Crippen MR) is 120 cm³/mol. The maximum absolute atomic E-state index is 5.94. The van der Waals surface area contributed by atoms with E-state index in [-0.39, 0.29) is 12.0 Å². The summed E-state index contributed by atoms with van der Waals surface area (Å²) in [6, 6.07) is 37.4. The number of pyridine rings is 1. The first-order valence-electron chi connectivity index (χ1n) is 10.2. The van der Waals surface area contributed by atoms with E-state index < -0.39 is 0 Å². The SMILES string of the molecule is c1ccc(C2COC(c3cccc(C(c4ccccc4)c4ccccc4)n3)=N2)cc1. The molecule has 0 aliphatic carbocycles. The van der Waals surface area contributed by atoms with Crippen molar-refractivity contribution < 1.29 is 4.74 Å². The smallest absolute Gasteiger partial charge is 0.236 e. The monoisotopic (exact) mass is 390 g/mol. The zero-order valence-electron chi connectivity index (χ0n) is 16.6. The average molecular weight is 390 g/mol. The van der Waals surface area contributed by atoms with Crippen molar-refractivity contribution >= 4 is 5.90 Å². The summed E-state index contributed by atoms with van der Waals surface area (Å²) in [6.07, 6.45) is 0. The molecule has 3 nitrogen and oxygen atoms in total. The normalized spacial score (nSPS) is 15.6. The Labute approximate surface area is 176 Å². The van der Waals surface area contributed by atoms with Crippen LogP contribution in [-0.2, 0) is 4.74 Å². The molecule has 30 heavy (non-hydrogen) atoms. The van der Waals surface area contributed by atoms with Gasteiger partial charge in [-0.05, 0) is 28.8 Å². The van der Waals surface area contributed by atoms with Crippen LogP contribution in [0.5, 0.6) is 0 Å². The van der Waals surface area contributed by atoms with Crippen molar-refractivity contribution in [1.82, 2.24) is 4.98 Å². The molecule has 0 saturated carbocycles. The van der Waals surface area contributed by atoms with Gasteiger partial charge in [-0.25, -0.2) is 9.98 Å². The van der Waals surface area contributed by atoms with E-state index in [9.17, 15) is 0 Å². The van der Waals surface area contributed by atoms with Gasteiger partial charge in [0.2, 0.25) is 5.90 Å². The summed E-state index contributed by atoms with van der Waals surface area (Å²) in [5.74, 6) is 0.671. The van der Waals surface area contributed by atoms with Gasteiger partial charge >= 0.3 is 0 Å². The molecule has 3 heteroatoms. The number of benzene rings is 3. The van der Waals surface area contributed by atoms with Crippen molar-refractivity contribution in [3.05, 3.63) is 137 Å². The molecule has 1 aromatic heterocycles. The molecule has 0 saturated heterocycles.